The number of hydrogen-bond donors (Lipinski definition) is 1. The summed E-state index contributed by atoms with van der Waals surface area (Å²) in [7, 11) is -2.58. The number of halogens is 2. The minimum Gasteiger partial charge on any atom is -0.503 e. The van der Waals surface area contributed by atoms with Gasteiger partial charge in [0.2, 0.25) is 0 Å². The molecule has 0 aliphatic rings. The molecule has 0 saturated heterocycles. The third kappa shape index (κ3) is 2.18. The smallest absolute Gasteiger partial charge is 0.260 e. The highest BCUT2D eigenvalue weighted by Gasteiger charge is 2.09. The van der Waals surface area contributed by atoms with Gasteiger partial charge in [0.1, 0.15) is 0 Å². The van der Waals surface area contributed by atoms with E-state index in [-0.39, 0.29) is 5.56 Å². The van der Waals surface area contributed by atoms with E-state index in [0.717, 1.165) is 18.2 Å². The number of benzene rings is 1. The average molecular weight is 218 g/mol. The van der Waals surface area contributed by atoms with E-state index in [1.807, 2.05) is 0 Å². The van der Waals surface area contributed by atoms with Crippen LogP contribution in [0.3, 0.4) is 0 Å². The standard InChI is InChI=1S/C8H4F2O3S/c9-6-2-1-5(3-4-14(12)13)7(10)8(6)11/h1-3,11H. The Bertz CT molecular complexity index is 520. The van der Waals surface area contributed by atoms with Gasteiger partial charge >= 0.3 is 0 Å². The number of phenols is 1. The summed E-state index contributed by atoms with van der Waals surface area (Å²) >= 11 is 0. The normalized spacial score (nSPS) is 9.29. The molecule has 74 valence electrons. The van der Waals surface area contributed by atoms with Crippen LogP contribution in [0.15, 0.2) is 12.1 Å². The van der Waals surface area contributed by atoms with Crippen LogP contribution < -0.4 is 0 Å². The maximum atomic E-state index is 13.0. The molecule has 0 unspecified atom stereocenters. The summed E-state index contributed by atoms with van der Waals surface area (Å²) in [6.07, 6.45) is 0.789. The second-order valence-electron chi connectivity index (χ2n) is 2.30. The van der Waals surface area contributed by atoms with Crippen molar-refractivity contribution in [3.05, 3.63) is 29.3 Å². The Balaban J connectivity index is 3.40. The molecule has 0 heterocycles. The third-order valence-corrected chi connectivity index (χ3v) is 1.72. The third-order valence-electron chi connectivity index (χ3n) is 1.41. The molecule has 0 spiro atoms. The van der Waals surface area contributed by atoms with Crippen molar-refractivity contribution in [3.63, 3.8) is 0 Å². The molecular weight excluding hydrogens is 214 g/mol. The van der Waals surface area contributed by atoms with Crippen LogP contribution in [0.4, 0.5) is 8.78 Å². The van der Waals surface area contributed by atoms with E-state index in [2.05, 4.69) is 0 Å². The first-order valence-corrected chi connectivity index (χ1v) is 4.45. The molecule has 0 fully saturated rings. The largest absolute Gasteiger partial charge is 0.503 e. The van der Waals surface area contributed by atoms with Crippen LogP contribution in [-0.4, -0.2) is 18.5 Å². The highest BCUT2D eigenvalue weighted by Crippen LogP contribution is 2.22. The number of aromatic hydroxyl groups is 1. The zero-order valence-electron chi connectivity index (χ0n) is 6.66. The fourth-order valence-electron chi connectivity index (χ4n) is 0.780. The van der Waals surface area contributed by atoms with Crippen molar-refractivity contribution in [2.75, 3.05) is 0 Å². The first kappa shape index (κ1) is 10.4. The van der Waals surface area contributed by atoms with Crippen LogP contribution in [0.25, 0.3) is 6.08 Å². The van der Waals surface area contributed by atoms with Gasteiger partial charge in [0.15, 0.2) is 17.4 Å². The van der Waals surface area contributed by atoms with Gasteiger partial charge in [0, 0.05) is 16.7 Å². The summed E-state index contributed by atoms with van der Waals surface area (Å²) in [4.78, 5) is 0. The molecule has 0 atom stereocenters. The minimum absolute atomic E-state index is 0.256. The molecule has 1 rings (SSSR count). The van der Waals surface area contributed by atoms with Crippen LogP contribution in [0.1, 0.15) is 5.56 Å². The molecule has 0 radical (unpaired) electrons. The molecule has 1 N–H and O–H groups in total. The molecule has 3 nitrogen and oxygen atoms in total. The average Bonchev–Trinajstić information content (AvgIpc) is 2.13. The van der Waals surface area contributed by atoms with Gasteiger partial charge in [-0.2, -0.15) is 8.42 Å². The highest BCUT2D eigenvalue weighted by molar-refractivity contribution is 7.71. The van der Waals surface area contributed by atoms with Crippen molar-refractivity contribution in [2.24, 2.45) is 0 Å². The van der Waals surface area contributed by atoms with Crippen LogP contribution >= 0.6 is 0 Å². The highest BCUT2D eigenvalue weighted by atomic mass is 32.2. The second kappa shape index (κ2) is 4.04. The Labute approximate surface area is 79.5 Å². The van der Waals surface area contributed by atoms with Gasteiger partial charge in [0.25, 0.3) is 10.3 Å². The van der Waals surface area contributed by atoms with Crippen LogP contribution in [-0.2, 0) is 10.3 Å². The summed E-state index contributed by atoms with van der Waals surface area (Å²) in [6.45, 7) is 0. The number of rotatable bonds is 1. The van der Waals surface area contributed by atoms with E-state index < -0.39 is 27.7 Å². The number of phenolic OH excluding ortho intramolecular Hbond substituents is 1. The second-order valence-corrected chi connectivity index (χ2v) is 3.00. The van der Waals surface area contributed by atoms with Crippen molar-refractivity contribution >= 4 is 21.4 Å². The molecule has 0 aliphatic carbocycles. The molecule has 0 bridgehead atoms. The van der Waals surface area contributed by atoms with Crippen molar-refractivity contribution in [3.8, 4) is 5.75 Å². The van der Waals surface area contributed by atoms with Gasteiger partial charge in [-0.25, -0.2) is 8.78 Å². The summed E-state index contributed by atoms with van der Waals surface area (Å²) < 4.78 is 45.5. The molecule has 0 aromatic heterocycles. The quantitative estimate of drug-likeness (QED) is 0.714. The summed E-state index contributed by atoms with van der Waals surface area (Å²) in [5.74, 6) is -3.47. The van der Waals surface area contributed by atoms with Crippen LogP contribution in [0.2, 0.25) is 0 Å². The lowest BCUT2D eigenvalue weighted by atomic mass is 10.2. The topological polar surface area (TPSA) is 54.4 Å². The summed E-state index contributed by atoms with van der Waals surface area (Å²) in [5.41, 5.74) is -0.256. The first-order valence-electron chi connectivity index (χ1n) is 3.38. The lowest BCUT2D eigenvalue weighted by Crippen LogP contribution is -1.86. The molecule has 0 saturated carbocycles. The van der Waals surface area contributed by atoms with Crippen molar-refractivity contribution in [1.29, 1.82) is 0 Å². The predicted octanol–water partition coefficient (Wildman–Crippen LogP) is 0.964. The van der Waals surface area contributed by atoms with Gasteiger partial charge in [-0.1, -0.05) is 0 Å². The van der Waals surface area contributed by atoms with E-state index in [1.54, 1.807) is 5.02 Å². The van der Waals surface area contributed by atoms with Crippen molar-refractivity contribution in [1.82, 2.24) is 0 Å². The maximum absolute atomic E-state index is 13.0. The lowest BCUT2D eigenvalue weighted by Gasteiger charge is -1.98. The first-order chi connectivity index (χ1) is 6.52. The van der Waals surface area contributed by atoms with E-state index in [1.165, 1.54) is 0 Å². The van der Waals surface area contributed by atoms with Gasteiger partial charge in [-0.15, -0.1) is 0 Å². The zero-order chi connectivity index (χ0) is 10.7. The minimum atomic E-state index is -2.58. The summed E-state index contributed by atoms with van der Waals surface area (Å²) in [6, 6.07) is 1.81. The predicted molar refractivity (Wildman–Crippen MR) is 46.4 cm³/mol. The fourth-order valence-corrected chi connectivity index (χ4v) is 1.00. The van der Waals surface area contributed by atoms with Gasteiger partial charge in [-0.3, -0.25) is 0 Å². The summed E-state index contributed by atoms with van der Waals surface area (Å²) in [5, 5.41) is 10.6. The Morgan fingerprint density at radius 1 is 1.36 bits per heavy atom. The molecule has 0 amide bonds. The van der Waals surface area contributed by atoms with E-state index in [9.17, 15) is 17.2 Å². The maximum Gasteiger partial charge on any atom is 0.260 e. The molecular formula is C8H4F2O3S. The zero-order valence-corrected chi connectivity index (χ0v) is 7.48. The van der Waals surface area contributed by atoms with Gasteiger partial charge < -0.3 is 5.11 Å². The van der Waals surface area contributed by atoms with Crippen molar-refractivity contribution < 1.29 is 22.3 Å². The van der Waals surface area contributed by atoms with Crippen molar-refractivity contribution in [2.45, 2.75) is 0 Å². The molecule has 1 aromatic carbocycles. The Kier molecular flexibility index (Phi) is 3.01. The lowest BCUT2D eigenvalue weighted by molar-refractivity contribution is 0.396. The van der Waals surface area contributed by atoms with E-state index in [4.69, 9.17) is 5.11 Å². The van der Waals surface area contributed by atoms with Crippen LogP contribution in [0.5, 0.6) is 5.75 Å². The molecule has 14 heavy (non-hydrogen) atoms. The molecule has 1 aromatic rings. The van der Waals surface area contributed by atoms with Crippen LogP contribution in [0, 0.1) is 11.6 Å². The Hall–Kier alpha value is -1.65. The Morgan fingerprint density at radius 3 is 2.57 bits per heavy atom. The SMILES string of the molecule is O=S(=O)=C=Cc1ccc(F)c(O)c1F. The Morgan fingerprint density at radius 2 is 2.00 bits per heavy atom. The van der Waals surface area contributed by atoms with Gasteiger partial charge in [0.05, 0.1) is 0 Å². The molecule has 6 heteroatoms. The monoisotopic (exact) mass is 218 g/mol. The van der Waals surface area contributed by atoms with E-state index >= 15 is 0 Å². The molecule has 0 aliphatic heterocycles. The number of hydrogen-bond acceptors (Lipinski definition) is 3. The van der Waals surface area contributed by atoms with Gasteiger partial charge in [-0.05, 0) is 12.1 Å². The fraction of sp³-hybridized carbons (Fsp3) is 0. The van der Waals surface area contributed by atoms with E-state index in [0.29, 0.717) is 0 Å².